The second-order valence-electron chi connectivity index (χ2n) is 3.36. The molecule has 0 bridgehead atoms. The summed E-state index contributed by atoms with van der Waals surface area (Å²) >= 11 is 1.69. The van der Waals surface area contributed by atoms with Gasteiger partial charge in [-0.05, 0) is 26.0 Å². The molecule has 0 fully saturated rings. The zero-order valence-electron chi connectivity index (χ0n) is 8.95. The summed E-state index contributed by atoms with van der Waals surface area (Å²) < 4.78 is 0. The fraction of sp³-hybridized carbons (Fsp3) is 0.250. The number of aromatic nitrogens is 1. The Morgan fingerprint density at radius 2 is 2.00 bits per heavy atom. The van der Waals surface area contributed by atoms with E-state index in [0.29, 0.717) is 0 Å². The molecule has 0 aliphatic carbocycles. The minimum absolute atomic E-state index is 0.954. The third kappa shape index (κ3) is 2.36. The van der Waals surface area contributed by atoms with Crippen molar-refractivity contribution in [2.45, 2.75) is 13.8 Å². The molecule has 2 aromatic rings. The van der Waals surface area contributed by atoms with Gasteiger partial charge in [-0.25, -0.2) is 4.98 Å². The van der Waals surface area contributed by atoms with Gasteiger partial charge in [0.2, 0.25) is 0 Å². The number of benzene rings is 1. The number of rotatable bonds is 3. The number of nitrogens with zero attached hydrogens (tertiary/aromatic N) is 1. The van der Waals surface area contributed by atoms with Gasteiger partial charge in [0.25, 0.3) is 0 Å². The highest BCUT2D eigenvalue weighted by Gasteiger charge is 2.01. The van der Waals surface area contributed by atoms with Crippen LogP contribution in [0.4, 0.5) is 5.69 Å². The van der Waals surface area contributed by atoms with Crippen LogP contribution in [0.3, 0.4) is 0 Å². The first-order valence-electron chi connectivity index (χ1n) is 5.06. The molecule has 1 aromatic heterocycles. The number of hydrogen-bond donors (Lipinski definition) is 1. The van der Waals surface area contributed by atoms with Crippen LogP contribution in [-0.2, 0) is 0 Å². The van der Waals surface area contributed by atoms with E-state index in [4.69, 9.17) is 0 Å². The predicted octanol–water partition coefficient (Wildman–Crippen LogP) is 3.55. The first-order chi connectivity index (χ1) is 7.29. The lowest BCUT2D eigenvalue weighted by Crippen LogP contribution is -1.95. The highest BCUT2D eigenvalue weighted by Crippen LogP contribution is 2.22. The minimum Gasteiger partial charge on any atom is -0.385 e. The minimum atomic E-state index is 0.954. The van der Waals surface area contributed by atoms with E-state index in [1.165, 1.54) is 5.56 Å². The van der Waals surface area contributed by atoms with E-state index in [1.54, 1.807) is 11.3 Å². The maximum absolute atomic E-state index is 4.45. The molecule has 0 spiro atoms. The number of anilines is 1. The summed E-state index contributed by atoms with van der Waals surface area (Å²) in [5, 5.41) is 6.48. The van der Waals surface area contributed by atoms with Crippen molar-refractivity contribution in [3.8, 4) is 11.3 Å². The number of aryl methyl sites for hydroxylation is 1. The van der Waals surface area contributed by atoms with E-state index >= 15 is 0 Å². The van der Waals surface area contributed by atoms with Gasteiger partial charge in [-0.2, -0.15) is 0 Å². The standard InChI is InChI=1S/C12H14N2S/c1-3-13-11-6-4-10(5-7-11)12-8-15-9(2)14-12/h4-8,13H,3H2,1-2H3. The molecule has 0 saturated heterocycles. The van der Waals surface area contributed by atoms with Crippen LogP contribution >= 0.6 is 11.3 Å². The molecule has 0 aliphatic heterocycles. The van der Waals surface area contributed by atoms with Crippen LogP contribution in [0.15, 0.2) is 29.6 Å². The smallest absolute Gasteiger partial charge is 0.0901 e. The Kier molecular flexibility index (Phi) is 3.02. The molecule has 15 heavy (non-hydrogen) atoms. The summed E-state index contributed by atoms with van der Waals surface area (Å²) in [6, 6.07) is 8.39. The Labute approximate surface area is 94.0 Å². The quantitative estimate of drug-likeness (QED) is 0.852. The summed E-state index contributed by atoms with van der Waals surface area (Å²) in [6.07, 6.45) is 0. The van der Waals surface area contributed by atoms with Gasteiger partial charge in [0.15, 0.2) is 0 Å². The molecule has 78 valence electrons. The Hall–Kier alpha value is -1.35. The van der Waals surface area contributed by atoms with Crippen molar-refractivity contribution < 1.29 is 0 Å². The zero-order chi connectivity index (χ0) is 10.7. The van der Waals surface area contributed by atoms with Crippen LogP contribution in [0.25, 0.3) is 11.3 Å². The molecule has 0 saturated carbocycles. The van der Waals surface area contributed by atoms with Crippen LogP contribution in [0.5, 0.6) is 0 Å². The second-order valence-corrected chi connectivity index (χ2v) is 4.42. The molecule has 0 radical (unpaired) electrons. The zero-order valence-corrected chi connectivity index (χ0v) is 9.77. The van der Waals surface area contributed by atoms with Gasteiger partial charge < -0.3 is 5.32 Å². The van der Waals surface area contributed by atoms with Crippen molar-refractivity contribution in [1.82, 2.24) is 4.98 Å². The molecule has 0 amide bonds. The molecule has 0 atom stereocenters. The summed E-state index contributed by atoms with van der Waals surface area (Å²) in [4.78, 5) is 4.45. The summed E-state index contributed by atoms with van der Waals surface area (Å²) in [6.45, 7) is 5.08. The average Bonchev–Trinajstić information content (AvgIpc) is 2.67. The Morgan fingerprint density at radius 1 is 1.27 bits per heavy atom. The summed E-state index contributed by atoms with van der Waals surface area (Å²) in [7, 11) is 0. The largest absolute Gasteiger partial charge is 0.385 e. The van der Waals surface area contributed by atoms with E-state index in [0.717, 1.165) is 22.9 Å². The molecule has 1 N–H and O–H groups in total. The topological polar surface area (TPSA) is 24.9 Å². The average molecular weight is 218 g/mol. The number of nitrogens with one attached hydrogen (secondary N) is 1. The van der Waals surface area contributed by atoms with Gasteiger partial charge in [0, 0.05) is 23.2 Å². The van der Waals surface area contributed by atoms with Gasteiger partial charge in [-0.1, -0.05) is 12.1 Å². The van der Waals surface area contributed by atoms with E-state index in [-0.39, 0.29) is 0 Å². The van der Waals surface area contributed by atoms with Gasteiger partial charge in [-0.3, -0.25) is 0 Å². The molecular formula is C12H14N2S. The van der Waals surface area contributed by atoms with Crippen LogP contribution in [-0.4, -0.2) is 11.5 Å². The van der Waals surface area contributed by atoms with Gasteiger partial charge in [0.05, 0.1) is 10.7 Å². The highest BCUT2D eigenvalue weighted by atomic mass is 32.1. The molecule has 0 unspecified atom stereocenters. The predicted molar refractivity (Wildman–Crippen MR) is 66.5 cm³/mol. The number of thiazole rings is 1. The second kappa shape index (κ2) is 4.45. The van der Waals surface area contributed by atoms with E-state index < -0.39 is 0 Å². The van der Waals surface area contributed by atoms with E-state index in [1.807, 2.05) is 6.92 Å². The molecule has 2 rings (SSSR count). The van der Waals surface area contributed by atoms with Crippen molar-refractivity contribution in [2.75, 3.05) is 11.9 Å². The summed E-state index contributed by atoms with van der Waals surface area (Å²) in [5.74, 6) is 0. The van der Waals surface area contributed by atoms with Crippen molar-refractivity contribution in [2.24, 2.45) is 0 Å². The van der Waals surface area contributed by atoms with Gasteiger partial charge in [-0.15, -0.1) is 11.3 Å². The molecular weight excluding hydrogens is 204 g/mol. The SMILES string of the molecule is CCNc1ccc(-c2csc(C)n2)cc1. The van der Waals surface area contributed by atoms with Gasteiger partial charge >= 0.3 is 0 Å². The lowest BCUT2D eigenvalue weighted by molar-refractivity contribution is 1.21. The molecule has 1 heterocycles. The van der Waals surface area contributed by atoms with Crippen LogP contribution in [0.2, 0.25) is 0 Å². The maximum Gasteiger partial charge on any atom is 0.0901 e. The lowest BCUT2D eigenvalue weighted by Gasteiger charge is -2.03. The van der Waals surface area contributed by atoms with Crippen molar-refractivity contribution in [3.05, 3.63) is 34.7 Å². The van der Waals surface area contributed by atoms with Crippen molar-refractivity contribution >= 4 is 17.0 Å². The third-order valence-corrected chi connectivity index (χ3v) is 2.95. The highest BCUT2D eigenvalue weighted by molar-refractivity contribution is 7.09. The van der Waals surface area contributed by atoms with Crippen LogP contribution in [0, 0.1) is 6.92 Å². The Bertz CT molecular complexity index is 431. The van der Waals surface area contributed by atoms with E-state index in [9.17, 15) is 0 Å². The monoisotopic (exact) mass is 218 g/mol. The lowest BCUT2D eigenvalue weighted by atomic mass is 10.1. The van der Waals surface area contributed by atoms with Crippen molar-refractivity contribution in [1.29, 1.82) is 0 Å². The van der Waals surface area contributed by atoms with Gasteiger partial charge in [0.1, 0.15) is 0 Å². The molecule has 1 aromatic carbocycles. The first kappa shape index (κ1) is 10.2. The normalized spacial score (nSPS) is 10.3. The molecule has 0 aliphatic rings. The Balaban J connectivity index is 2.23. The van der Waals surface area contributed by atoms with Crippen molar-refractivity contribution in [3.63, 3.8) is 0 Å². The first-order valence-corrected chi connectivity index (χ1v) is 5.94. The number of hydrogen-bond acceptors (Lipinski definition) is 3. The molecule has 3 heteroatoms. The summed E-state index contributed by atoms with van der Waals surface area (Å²) in [5.41, 5.74) is 3.41. The fourth-order valence-electron chi connectivity index (χ4n) is 1.46. The third-order valence-electron chi connectivity index (χ3n) is 2.18. The van der Waals surface area contributed by atoms with Crippen LogP contribution < -0.4 is 5.32 Å². The van der Waals surface area contributed by atoms with E-state index in [2.05, 4.69) is 46.9 Å². The maximum atomic E-state index is 4.45. The Morgan fingerprint density at radius 3 is 2.53 bits per heavy atom. The van der Waals surface area contributed by atoms with Crippen LogP contribution in [0.1, 0.15) is 11.9 Å². The fourth-order valence-corrected chi connectivity index (χ4v) is 2.08. The molecule has 2 nitrogen and oxygen atoms in total.